The molecule has 1 aliphatic heterocycles. The Morgan fingerprint density at radius 1 is 0.975 bits per heavy atom. The SMILES string of the molecule is CN1CCN(CCc2ccc(NC(=O)c3ccc4nc(-c5cc(-c6cccnc6)ccc5O)[nH]c4c3)cc2)CC1. The van der Waals surface area contributed by atoms with E-state index in [-0.39, 0.29) is 11.7 Å². The second-order valence-electron chi connectivity index (χ2n) is 10.3. The molecule has 3 aromatic carbocycles. The van der Waals surface area contributed by atoms with E-state index in [0.29, 0.717) is 28.0 Å². The lowest BCUT2D eigenvalue weighted by Gasteiger charge is -2.32. The van der Waals surface area contributed by atoms with E-state index in [1.54, 1.807) is 30.6 Å². The van der Waals surface area contributed by atoms with Gasteiger partial charge in [-0.25, -0.2) is 4.98 Å². The van der Waals surface area contributed by atoms with Gasteiger partial charge in [0.1, 0.15) is 11.6 Å². The summed E-state index contributed by atoms with van der Waals surface area (Å²) in [6.07, 6.45) is 4.50. The van der Waals surface area contributed by atoms with E-state index in [2.05, 4.69) is 49.2 Å². The second kappa shape index (κ2) is 11.3. The quantitative estimate of drug-likeness (QED) is 0.272. The number of anilines is 1. The van der Waals surface area contributed by atoms with Crippen molar-refractivity contribution in [3.63, 3.8) is 0 Å². The maximum Gasteiger partial charge on any atom is 0.255 e. The van der Waals surface area contributed by atoms with Crippen molar-refractivity contribution in [2.75, 3.05) is 45.1 Å². The first kappa shape index (κ1) is 25.7. The van der Waals surface area contributed by atoms with Crippen LogP contribution in [0.5, 0.6) is 5.75 Å². The molecule has 40 heavy (non-hydrogen) atoms. The van der Waals surface area contributed by atoms with Crippen molar-refractivity contribution in [2.45, 2.75) is 6.42 Å². The molecule has 0 radical (unpaired) electrons. The summed E-state index contributed by atoms with van der Waals surface area (Å²) in [7, 11) is 2.17. The van der Waals surface area contributed by atoms with Crippen molar-refractivity contribution < 1.29 is 9.90 Å². The Hall–Kier alpha value is -4.53. The zero-order valence-corrected chi connectivity index (χ0v) is 22.5. The van der Waals surface area contributed by atoms with Gasteiger partial charge in [-0.1, -0.05) is 24.3 Å². The van der Waals surface area contributed by atoms with Crippen molar-refractivity contribution >= 4 is 22.6 Å². The van der Waals surface area contributed by atoms with Crippen molar-refractivity contribution in [3.8, 4) is 28.3 Å². The number of amides is 1. The van der Waals surface area contributed by atoms with Crippen molar-refractivity contribution in [3.05, 3.63) is 96.3 Å². The summed E-state index contributed by atoms with van der Waals surface area (Å²) in [4.78, 5) is 30.0. The van der Waals surface area contributed by atoms with Gasteiger partial charge < -0.3 is 25.2 Å². The molecule has 5 aromatic rings. The smallest absolute Gasteiger partial charge is 0.255 e. The fourth-order valence-corrected chi connectivity index (χ4v) is 5.03. The summed E-state index contributed by atoms with van der Waals surface area (Å²) in [5.41, 5.74) is 6.42. The number of carbonyl (C=O) groups is 1. The average molecular weight is 533 g/mol. The summed E-state index contributed by atoms with van der Waals surface area (Å²) in [6, 6.07) is 22.7. The molecule has 0 spiro atoms. The Bertz CT molecular complexity index is 1620. The number of nitrogens with one attached hydrogen (secondary N) is 2. The highest BCUT2D eigenvalue weighted by atomic mass is 16.3. The molecule has 0 aliphatic carbocycles. The summed E-state index contributed by atoms with van der Waals surface area (Å²) < 4.78 is 0. The zero-order chi connectivity index (χ0) is 27.5. The van der Waals surface area contributed by atoms with E-state index >= 15 is 0 Å². The number of pyridine rings is 1. The van der Waals surface area contributed by atoms with E-state index in [1.165, 1.54) is 5.56 Å². The number of H-pyrrole nitrogens is 1. The summed E-state index contributed by atoms with van der Waals surface area (Å²) in [5, 5.41) is 13.6. The normalized spacial score (nSPS) is 14.4. The number of imidazole rings is 1. The minimum absolute atomic E-state index is 0.122. The molecule has 1 amide bonds. The highest BCUT2D eigenvalue weighted by Gasteiger charge is 2.15. The minimum Gasteiger partial charge on any atom is -0.507 e. The van der Waals surface area contributed by atoms with Crippen LogP contribution in [0.15, 0.2) is 85.2 Å². The highest BCUT2D eigenvalue weighted by Crippen LogP contribution is 2.33. The van der Waals surface area contributed by atoms with Gasteiger partial charge in [-0.15, -0.1) is 0 Å². The number of hydrogen-bond donors (Lipinski definition) is 3. The van der Waals surface area contributed by atoms with E-state index in [9.17, 15) is 9.90 Å². The molecular formula is C32H32N6O2. The number of likely N-dealkylation sites (N-methyl/N-ethyl adjacent to an activating group) is 1. The molecule has 1 fully saturated rings. The molecule has 202 valence electrons. The molecule has 2 aromatic heterocycles. The van der Waals surface area contributed by atoms with Crippen LogP contribution < -0.4 is 5.32 Å². The summed E-state index contributed by atoms with van der Waals surface area (Å²) >= 11 is 0. The fourth-order valence-electron chi connectivity index (χ4n) is 5.03. The number of hydrogen-bond acceptors (Lipinski definition) is 6. The molecule has 0 bridgehead atoms. The molecule has 0 unspecified atom stereocenters. The Balaban J connectivity index is 1.13. The number of aromatic amines is 1. The molecule has 0 atom stereocenters. The van der Waals surface area contributed by atoms with Crippen LogP contribution in [0.3, 0.4) is 0 Å². The van der Waals surface area contributed by atoms with Crippen LogP contribution in [-0.2, 0) is 6.42 Å². The van der Waals surface area contributed by atoms with Gasteiger partial charge in [0.05, 0.1) is 16.6 Å². The van der Waals surface area contributed by atoms with Gasteiger partial charge in [0.2, 0.25) is 0 Å². The van der Waals surface area contributed by atoms with Crippen molar-refractivity contribution in [1.29, 1.82) is 0 Å². The minimum atomic E-state index is -0.190. The van der Waals surface area contributed by atoms with Gasteiger partial charge >= 0.3 is 0 Å². The van der Waals surface area contributed by atoms with Crippen LogP contribution in [0.4, 0.5) is 5.69 Å². The van der Waals surface area contributed by atoms with Gasteiger partial charge in [0.25, 0.3) is 5.91 Å². The molecule has 6 rings (SSSR count). The zero-order valence-electron chi connectivity index (χ0n) is 22.5. The molecule has 1 aliphatic rings. The number of phenolic OH excluding ortho intramolecular Hbond substituents is 1. The van der Waals surface area contributed by atoms with Crippen LogP contribution in [0.2, 0.25) is 0 Å². The second-order valence-corrected chi connectivity index (χ2v) is 10.3. The molecule has 3 N–H and O–H groups in total. The molecule has 8 heteroatoms. The number of fused-ring (bicyclic) bond motifs is 1. The lowest BCUT2D eigenvalue weighted by atomic mass is 10.0. The predicted molar refractivity (Wildman–Crippen MR) is 158 cm³/mol. The van der Waals surface area contributed by atoms with Crippen LogP contribution in [0, 0.1) is 0 Å². The third kappa shape index (κ3) is 5.73. The monoisotopic (exact) mass is 532 g/mol. The Kier molecular flexibility index (Phi) is 7.27. The Labute approximate surface area is 233 Å². The standard InChI is InChI=1S/C32H32N6O2/c1-37-15-17-38(18-16-37)14-12-22-4-8-26(9-5-22)34-32(40)24-6-10-28-29(20-24)36-31(35-28)27-19-23(7-11-30(27)39)25-3-2-13-33-21-25/h2-11,13,19-21,39H,12,14-18H2,1H3,(H,34,40)(H,35,36). The molecular weight excluding hydrogens is 500 g/mol. The number of aromatic hydroxyl groups is 1. The summed E-state index contributed by atoms with van der Waals surface area (Å²) in [5.74, 6) is 0.462. The van der Waals surface area contributed by atoms with E-state index in [0.717, 1.165) is 56.0 Å². The largest absolute Gasteiger partial charge is 0.507 e. The highest BCUT2D eigenvalue weighted by molar-refractivity contribution is 6.06. The molecule has 8 nitrogen and oxygen atoms in total. The first-order valence-electron chi connectivity index (χ1n) is 13.6. The number of rotatable bonds is 7. The van der Waals surface area contributed by atoms with Gasteiger partial charge in [-0.2, -0.15) is 0 Å². The topological polar surface area (TPSA) is 97.4 Å². The van der Waals surface area contributed by atoms with Gasteiger partial charge in [-0.3, -0.25) is 9.78 Å². The summed E-state index contributed by atoms with van der Waals surface area (Å²) in [6.45, 7) is 5.53. The van der Waals surface area contributed by atoms with Crippen LogP contribution >= 0.6 is 0 Å². The van der Waals surface area contributed by atoms with Crippen LogP contribution in [0.25, 0.3) is 33.5 Å². The van der Waals surface area contributed by atoms with E-state index in [4.69, 9.17) is 0 Å². The number of nitrogens with zero attached hydrogens (tertiary/aromatic N) is 4. The van der Waals surface area contributed by atoms with Crippen molar-refractivity contribution in [2.24, 2.45) is 0 Å². The lowest BCUT2D eigenvalue weighted by Crippen LogP contribution is -2.45. The van der Waals surface area contributed by atoms with Crippen LogP contribution in [-0.4, -0.2) is 75.5 Å². The number of piperazine rings is 1. The Morgan fingerprint density at radius 2 is 1.80 bits per heavy atom. The average Bonchev–Trinajstić information content (AvgIpc) is 3.42. The maximum absolute atomic E-state index is 13.0. The third-order valence-corrected chi connectivity index (χ3v) is 7.52. The van der Waals surface area contributed by atoms with Crippen molar-refractivity contribution in [1.82, 2.24) is 24.8 Å². The Morgan fingerprint density at radius 3 is 2.58 bits per heavy atom. The van der Waals surface area contributed by atoms with Crippen LogP contribution in [0.1, 0.15) is 15.9 Å². The molecule has 3 heterocycles. The first-order chi connectivity index (χ1) is 19.5. The number of benzene rings is 3. The predicted octanol–water partition coefficient (Wildman–Crippen LogP) is 5.04. The number of aromatic nitrogens is 3. The third-order valence-electron chi connectivity index (χ3n) is 7.52. The van der Waals surface area contributed by atoms with Gasteiger partial charge in [0.15, 0.2) is 0 Å². The number of phenols is 1. The lowest BCUT2D eigenvalue weighted by molar-refractivity contribution is 0.102. The number of carbonyl (C=O) groups excluding carboxylic acids is 1. The van der Waals surface area contributed by atoms with Gasteiger partial charge in [0, 0.05) is 61.9 Å². The fraction of sp³-hybridized carbons (Fsp3) is 0.219. The first-order valence-corrected chi connectivity index (χ1v) is 13.6. The van der Waals surface area contributed by atoms with E-state index in [1.807, 2.05) is 42.5 Å². The molecule has 0 saturated carbocycles. The maximum atomic E-state index is 13.0. The van der Waals surface area contributed by atoms with E-state index < -0.39 is 0 Å². The van der Waals surface area contributed by atoms with Gasteiger partial charge in [-0.05, 0) is 73.1 Å². The molecule has 1 saturated heterocycles.